The van der Waals surface area contributed by atoms with Gasteiger partial charge in [0.2, 0.25) is 17.7 Å². The molecule has 0 saturated heterocycles. The first kappa shape index (κ1) is 39.9. The fraction of sp³-hybridized carbons (Fsp3) is 0.552. The fourth-order valence-electron chi connectivity index (χ4n) is 4.14. The van der Waals surface area contributed by atoms with Crippen molar-refractivity contribution >= 4 is 41.6 Å². The van der Waals surface area contributed by atoms with Crippen LogP contribution in [0.5, 0.6) is 5.75 Å². The Kier molecular flexibility index (Phi) is 19.0. The third kappa shape index (κ3) is 18.4. The highest BCUT2D eigenvalue weighted by molar-refractivity contribution is 5.93. The maximum atomic E-state index is 13.5. The summed E-state index contributed by atoms with van der Waals surface area (Å²) in [6.07, 6.45) is 1.72. The number of rotatable bonds is 22. The Labute approximate surface area is 275 Å². The minimum absolute atomic E-state index is 0.0544. The zero-order chi connectivity index (χ0) is 35.2. The first-order valence-corrected chi connectivity index (χ1v) is 15.3. The lowest BCUT2D eigenvalue weighted by molar-refractivity contribution is -0.135. The summed E-state index contributed by atoms with van der Waals surface area (Å²) in [6, 6.07) is 5.63. The number of aliphatic imine (C=N–C) groups is 3. The molecule has 0 aromatic heterocycles. The van der Waals surface area contributed by atoms with E-state index in [4.69, 9.17) is 39.1 Å². The number of hydrogen-bond donors (Lipinski definition) is 10. The molecule has 0 aliphatic carbocycles. The van der Waals surface area contributed by atoms with E-state index in [1.165, 1.54) is 0 Å². The van der Waals surface area contributed by atoms with Crippen LogP contribution < -0.4 is 60.4 Å². The van der Waals surface area contributed by atoms with Gasteiger partial charge in [-0.1, -0.05) is 32.0 Å². The lowest BCUT2D eigenvalue weighted by atomic mass is 10.0. The first-order valence-electron chi connectivity index (χ1n) is 15.3. The normalized spacial score (nSPS) is 12.5. The number of guanidine groups is 3. The Bertz CT molecular complexity index is 1210. The molecule has 0 radical (unpaired) electrons. The molecule has 262 valence electrons. The van der Waals surface area contributed by atoms with Gasteiger partial charge in [0.1, 0.15) is 17.8 Å². The van der Waals surface area contributed by atoms with E-state index in [1.54, 1.807) is 44.2 Å². The van der Waals surface area contributed by atoms with Gasteiger partial charge in [0.15, 0.2) is 17.9 Å². The van der Waals surface area contributed by atoms with Gasteiger partial charge in [-0.3, -0.25) is 39.5 Å². The van der Waals surface area contributed by atoms with Crippen molar-refractivity contribution in [2.45, 2.75) is 64.1 Å². The lowest BCUT2D eigenvalue weighted by Gasteiger charge is -2.27. The Morgan fingerprint density at radius 3 is 1.77 bits per heavy atom. The third-order valence-electron chi connectivity index (χ3n) is 6.48. The number of carbonyl (C=O) groups excluding carboxylic acids is 4. The first-order chi connectivity index (χ1) is 22.3. The predicted octanol–water partition coefficient (Wildman–Crippen LogP) is -2.94. The highest BCUT2D eigenvalue weighted by Gasteiger charge is 2.31. The van der Waals surface area contributed by atoms with Gasteiger partial charge in [-0.25, -0.2) is 0 Å². The fourth-order valence-corrected chi connectivity index (χ4v) is 4.14. The van der Waals surface area contributed by atoms with Gasteiger partial charge in [-0.2, -0.15) is 0 Å². The minimum Gasteiger partial charge on any atom is -0.426 e. The van der Waals surface area contributed by atoms with Crippen LogP contribution in [-0.2, 0) is 19.2 Å². The average Bonchev–Trinajstić information content (AvgIpc) is 3.00. The van der Waals surface area contributed by atoms with Crippen molar-refractivity contribution in [3.8, 4) is 5.75 Å². The number of carbonyl (C=O) groups is 4. The standard InChI is InChI=1S/C29H51N13O5/c1-18(2)23(26(46)41-21(12-7-14-38-28(32)33)24(44)36-15-8-16-39-29(34)35)42-25(45)20(11-6-13-37-27(30)31)40-17-22(43)47-19-9-4-3-5-10-19/h3-5,9-10,18,20-21,23,40H,6-8,11-17H2,1-2H3,(H,36,44)(H,41,46)(H,42,45)(H4,30,31,37)(H4,32,33,38)(H4,34,35,39)/t20-,21-,23-/m0/s1. The molecule has 0 aliphatic heterocycles. The molecular weight excluding hydrogens is 610 g/mol. The van der Waals surface area contributed by atoms with E-state index in [0.29, 0.717) is 31.6 Å². The number of hydrogen-bond acceptors (Lipinski definition) is 9. The summed E-state index contributed by atoms with van der Waals surface area (Å²) < 4.78 is 5.30. The second kappa shape index (κ2) is 22.4. The van der Waals surface area contributed by atoms with E-state index >= 15 is 0 Å². The quantitative estimate of drug-likeness (QED) is 0.0196. The largest absolute Gasteiger partial charge is 0.426 e. The molecule has 0 aliphatic rings. The zero-order valence-electron chi connectivity index (χ0n) is 27.1. The van der Waals surface area contributed by atoms with Crippen LogP contribution in [0.4, 0.5) is 0 Å². The van der Waals surface area contributed by atoms with Gasteiger partial charge < -0.3 is 55.1 Å². The zero-order valence-corrected chi connectivity index (χ0v) is 27.1. The van der Waals surface area contributed by atoms with Crippen molar-refractivity contribution in [2.24, 2.45) is 55.3 Å². The molecular formula is C29H51N13O5. The summed E-state index contributed by atoms with van der Waals surface area (Å²) in [4.78, 5) is 64.2. The van der Waals surface area contributed by atoms with Crippen molar-refractivity contribution in [1.82, 2.24) is 21.3 Å². The monoisotopic (exact) mass is 661 g/mol. The van der Waals surface area contributed by atoms with Crippen LogP contribution in [0.25, 0.3) is 0 Å². The molecule has 16 N–H and O–H groups in total. The predicted molar refractivity (Wildman–Crippen MR) is 181 cm³/mol. The molecule has 18 heteroatoms. The molecule has 3 atom stereocenters. The molecule has 3 amide bonds. The Morgan fingerprint density at radius 1 is 0.702 bits per heavy atom. The maximum absolute atomic E-state index is 13.5. The third-order valence-corrected chi connectivity index (χ3v) is 6.48. The number of ether oxygens (including phenoxy) is 1. The Balaban J connectivity index is 2.99. The van der Waals surface area contributed by atoms with Crippen LogP contribution in [0.2, 0.25) is 0 Å². The molecule has 0 spiro atoms. The molecule has 47 heavy (non-hydrogen) atoms. The SMILES string of the molecule is CC(C)[C@H](NC(=O)[C@H](CCCN=C(N)N)NCC(=O)Oc1ccccc1)C(=O)N[C@@H](CCCN=C(N)N)C(=O)NCCCN=C(N)N. The van der Waals surface area contributed by atoms with Crippen molar-refractivity contribution in [1.29, 1.82) is 0 Å². The summed E-state index contributed by atoms with van der Waals surface area (Å²) in [5.41, 5.74) is 32.3. The van der Waals surface area contributed by atoms with Crippen molar-refractivity contribution < 1.29 is 23.9 Å². The Morgan fingerprint density at radius 2 is 1.23 bits per heavy atom. The highest BCUT2D eigenvalue weighted by atomic mass is 16.5. The van der Waals surface area contributed by atoms with E-state index < -0.39 is 41.8 Å². The van der Waals surface area contributed by atoms with Gasteiger partial charge in [-0.05, 0) is 50.2 Å². The summed E-state index contributed by atoms with van der Waals surface area (Å²) in [5, 5.41) is 11.2. The second-order valence-electron chi connectivity index (χ2n) is 10.9. The number of nitrogens with zero attached hydrogens (tertiary/aromatic N) is 3. The molecule has 0 heterocycles. The summed E-state index contributed by atoms with van der Waals surface area (Å²) in [6.45, 7) is 4.29. The number of para-hydroxylation sites is 1. The van der Waals surface area contributed by atoms with Crippen LogP contribution in [-0.4, -0.2) is 92.4 Å². The number of nitrogens with two attached hydrogens (primary N) is 6. The van der Waals surface area contributed by atoms with Crippen LogP contribution >= 0.6 is 0 Å². The smallest absolute Gasteiger partial charge is 0.325 e. The second-order valence-corrected chi connectivity index (χ2v) is 10.9. The van der Waals surface area contributed by atoms with Gasteiger partial charge in [0, 0.05) is 26.2 Å². The van der Waals surface area contributed by atoms with Crippen molar-refractivity contribution in [2.75, 3.05) is 32.7 Å². The van der Waals surface area contributed by atoms with Crippen LogP contribution in [0.3, 0.4) is 0 Å². The van der Waals surface area contributed by atoms with Crippen molar-refractivity contribution in [3.05, 3.63) is 30.3 Å². The lowest BCUT2D eigenvalue weighted by Crippen LogP contribution is -2.58. The highest BCUT2D eigenvalue weighted by Crippen LogP contribution is 2.10. The molecule has 1 aromatic carbocycles. The van der Waals surface area contributed by atoms with E-state index in [9.17, 15) is 19.2 Å². The molecule has 1 aromatic rings. The molecule has 18 nitrogen and oxygen atoms in total. The van der Waals surface area contributed by atoms with Gasteiger partial charge in [0.05, 0.1) is 12.6 Å². The average molecular weight is 662 g/mol. The van der Waals surface area contributed by atoms with Crippen molar-refractivity contribution in [3.63, 3.8) is 0 Å². The number of benzene rings is 1. The molecule has 0 unspecified atom stereocenters. The number of amides is 3. The van der Waals surface area contributed by atoms with E-state index in [0.717, 1.165) is 0 Å². The number of esters is 1. The molecule has 0 saturated carbocycles. The van der Waals surface area contributed by atoms with Gasteiger partial charge >= 0.3 is 5.97 Å². The van der Waals surface area contributed by atoms with Gasteiger partial charge in [-0.15, -0.1) is 0 Å². The molecule has 1 rings (SSSR count). The van der Waals surface area contributed by atoms with Crippen LogP contribution in [0, 0.1) is 5.92 Å². The molecule has 0 fully saturated rings. The van der Waals surface area contributed by atoms with E-state index in [-0.39, 0.29) is 62.8 Å². The summed E-state index contributed by atoms with van der Waals surface area (Å²) >= 11 is 0. The maximum Gasteiger partial charge on any atom is 0.325 e. The minimum atomic E-state index is -1.02. The van der Waals surface area contributed by atoms with E-state index in [1.807, 2.05) is 0 Å². The molecule has 0 bridgehead atoms. The summed E-state index contributed by atoms with van der Waals surface area (Å²) in [5.74, 6) is -2.39. The Hall–Kier alpha value is -5.13. The van der Waals surface area contributed by atoms with Gasteiger partial charge in [0.25, 0.3) is 0 Å². The van der Waals surface area contributed by atoms with Crippen LogP contribution in [0.15, 0.2) is 45.3 Å². The van der Waals surface area contributed by atoms with Crippen LogP contribution in [0.1, 0.15) is 46.0 Å². The topological polar surface area (TPSA) is 319 Å². The summed E-state index contributed by atoms with van der Waals surface area (Å²) in [7, 11) is 0. The van der Waals surface area contributed by atoms with E-state index in [2.05, 4.69) is 36.2 Å². The number of nitrogens with one attached hydrogen (secondary N) is 4.